The number of aliphatic hydroxyl groups is 1. The molecular weight excluding hydrogens is 220 g/mol. The molecule has 0 radical (unpaired) electrons. The van der Waals surface area contributed by atoms with Crippen molar-refractivity contribution in [2.45, 2.75) is 45.3 Å². The maximum Gasteiger partial charge on any atom is 0.267 e. The number of hydrogen-bond donors (Lipinski definition) is 1. The average Bonchev–Trinajstić information content (AvgIpc) is 2.59. The molecule has 2 amide bonds. The number of carbonyl (C=O) groups excluding carboxylic acids is 2. The second kappa shape index (κ2) is 5.91. The van der Waals surface area contributed by atoms with E-state index >= 15 is 0 Å². The van der Waals surface area contributed by atoms with Gasteiger partial charge in [-0.15, -0.1) is 0 Å². The molecule has 96 valence electrons. The van der Waals surface area contributed by atoms with Crippen LogP contribution in [0.5, 0.6) is 0 Å². The lowest BCUT2D eigenvalue weighted by molar-refractivity contribution is -0.136. The molecule has 1 rings (SSSR count). The van der Waals surface area contributed by atoms with Crippen molar-refractivity contribution in [2.75, 3.05) is 6.54 Å². The van der Waals surface area contributed by atoms with Gasteiger partial charge in [-0.05, 0) is 32.4 Å². The van der Waals surface area contributed by atoms with Crippen molar-refractivity contribution in [1.29, 1.82) is 0 Å². The van der Waals surface area contributed by atoms with Crippen LogP contribution in [0, 0.1) is 5.92 Å². The molecule has 1 N–H and O–H groups in total. The number of aliphatic hydroxyl groups excluding tert-OH is 1. The lowest BCUT2D eigenvalue weighted by Crippen LogP contribution is -2.41. The van der Waals surface area contributed by atoms with Crippen LogP contribution in [-0.4, -0.2) is 47.2 Å². The van der Waals surface area contributed by atoms with E-state index in [0.717, 1.165) is 0 Å². The predicted molar refractivity (Wildman–Crippen MR) is 64.8 cm³/mol. The Balaban J connectivity index is 2.68. The lowest BCUT2D eigenvalue weighted by atomic mass is 10.0. The molecule has 0 bridgehead atoms. The first kappa shape index (κ1) is 13.8. The second-order valence-corrected chi connectivity index (χ2v) is 4.62. The third kappa shape index (κ3) is 3.36. The molecule has 5 nitrogen and oxygen atoms in total. The normalized spacial score (nSPS) is 23.6. The van der Waals surface area contributed by atoms with E-state index < -0.39 is 12.1 Å². The Labute approximate surface area is 102 Å². The highest BCUT2D eigenvalue weighted by Crippen LogP contribution is 2.25. The summed E-state index contributed by atoms with van der Waals surface area (Å²) in [5, 5.41) is 9.31. The van der Waals surface area contributed by atoms with E-state index in [4.69, 9.17) is 0 Å². The van der Waals surface area contributed by atoms with Gasteiger partial charge < -0.3 is 10.0 Å². The zero-order valence-corrected chi connectivity index (χ0v) is 10.4. The van der Waals surface area contributed by atoms with E-state index in [1.54, 1.807) is 11.8 Å². The molecule has 3 atom stereocenters. The number of nitrogens with zero attached hydrogens (tertiary/aromatic N) is 2. The average molecular weight is 240 g/mol. The molecule has 1 fully saturated rings. The van der Waals surface area contributed by atoms with Crippen molar-refractivity contribution in [3.8, 4) is 0 Å². The molecular formula is C12H20N2O3. The molecule has 1 saturated heterocycles. The molecule has 1 heterocycles. The van der Waals surface area contributed by atoms with Crippen LogP contribution in [-0.2, 0) is 9.59 Å². The minimum absolute atomic E-state index is 0.0282. The van der Waals surface area contributed by atoms with E-state index in [2.05, 4.69) is 11.7 Å². The van der Waals surface area contributed by atoms with Gasteiger partial charge >= 0.3 is 0 Å². The number of rotatable bonds is 5. The summed E-state index contributed by atoms with van der Waals surface area (Å²) in [6.07, 6.45) is 1.13. The third-order valence-corrected chi connectivity index (χ3v) is 3.12. The van der Waals surface area contributed by atoms with E-state index in [-0.39, 0.29) is 17.7 Å². The highest BCUT2D eigenvalue weighted by molar-refractivity contribution is 5.90. The van der Waals surface area contributed by atoms with Gasteiger partial charge in [0.25, 0.3) is 5.91 Å². The predicted octanol–water partition coefficient (Wildman–Crippen LogP) is 0.612. The van der Waals surface area contributed by atoms with Gasteiger partial charge in [-0.2, -0.15) is 0 Å². The SMILES string of the molecule is C=NC(=O)C(CC)N1CC(CC(C)O)CC1=O. The van der Waals surface area contributed by atoms with Crippen LogP contribution in [0.15, 0.2) is 4.99 Å². The molecule has 0 aromatic rings. The Hall–Kier alpha value is -1.23. The zero-order valence-electron chi connectivity index (χ0n) is 10.4. The van der Waals surface area contributed by atoms with Gasteiger partial charge in [-0.25, -0.2) is 4.99 Å². The highest BCUT2D eigenvalue weighted by atomic mass is 16.3. The fourth-order valence-electron chi connectivity index (χ4n) is 2.38. The molecule has 1 aliphatic heterocycles. The Kier molecular flexibility index (Phi) is 4.81. The molecule has 17 heavy (non-hydrogen) atoms. The fraction of sp³-hybridized carbons (Fsp3) is 0.750. The smallest absolute Gasteiger partial charge is 0.267 e. The number of likely N-dealkylation sites (tertiary alicyclic amines) is 1. The van der Waals surface area contributed by atoms with Crippen molar-refractivity contribution in [1.82, 2.24) is 4.90 Å². The summed E-state index contributed by atoms with van der Waals surface area (Å²) < 4.78 is 0. The second-order valence-electron chi connectivity index (χ2n) is 4.62. The molecule has 0 aromatic carbocycles. The molecule has 5 heteroatoms. The Morgan fingerprint density at radius 1 is 1.71 bits per heavy atom. The monoisotopic (exact) mass is 240 g/mol. The van der Waals surface area contributed by atoms with Gasteiger partial charge in [0.05, 0.1) is 6.10 Å². The number of hydrogen-bond acceptors (Lipinski definition) is 3. The van der Waals surface area contributed by atoms with Crippen molar-refractivity contribution < 1.29 is 14.7 Å². The largest absolute Gasteiger partial charge is 0.393 e. The summed E-state index contributed by atoms with van der Waals surface area (Å²) in [6, 6.07) is -0.487. The van der Waals surface area contributed by atoms with Gasteiger partial charge in [0.2, 0.25) is 5.91 Å². The first-order chi connectivity index (χ1) is 7.99. The van der Waals surface area contributed by atoms with E-state index in [0.29, 0.717) is 25.8 Å². The van der Waals surface area contributed by atoms with Crippen LogP contribution in [0.25, 0.3) is 0 Å². The Bertz CT molecular complexity index is 315. The zero-order chi connectivity index (χ0) is 13.0. The summed E-state index contributed by atoms with van der Waals surface area (Å²) in [5.74, 6) is -0.243. The van der Waals surface area contributed by atoms with Crippen LogP contribution in [0.4, 0.5) is 0 Å². The van der Waals surface area contributed by atoms with E-state index in [1.165, 1.54) is 0 Å². The fourth-order valence-corrected chi connectivity index (χ4v) is 2.38. The van der Waals surface area contributed by atoms with Crippen LogP contribution in [0.3, 0.4) is 0 Å². The molecule has 0 saturated carbocycles. The Morgan fingerprint density at radius 3 is 2.82 bits per heavy atom. The van der Waals surface area contributed by atoms with Crippen LogP contribution in [0.1, 0.15) is 33.1 Å². The van der Waals surface area contributed by atoms with Gasteiger partial charge in [-0.3, -0.25) is 9.59 Å². The van der Waals surface area contributed by atoms with Crippen LogP contribution < -0.4 is 0 Å². The first-order valence-corrected chi connectivity index (χ1v) is 5.97. The van der Waals surface area contributed by atoms with Gasteiger partial charge in [0.1, 0.15) is 6.04 Å². The Morgan fingerprint density at radius 2 is 2.35 bits per heavy atom. The quantitative estimate of drug-likeness (QED) is 0.716. The molecule has 0 aromatic heterocycles. The summed E-state index contributed by atoms with van der Waals surface area (Å²) in [7, 11) is 0. The molecule has 0 aliphatic carbocycles. The minimum Gasteiger partial charge on any atom is -0.393 e. The molecule has 1 aliphatic rings. The van der Waals surface area contributed by atoms with Gasteiger partial charge in [0, 0.05) is 13.0 Å². The summed E-state index contributed by atoms with van der Waals surface area (Å²) in [6.45, 7) is 7.31. The topological polar surface area (TPSA) is 70.0 Å². The van der Waals surface area contributed by atoms with Crippen molar-refractivity contribution in [2.24, 2.45) is 10.9 Å². The third-order valence-electron chi connectivity index (χ3n) is 3.12. The number of amides is 2. The lowest BCUT2D eigenvalue weighted by Gasteiger charge is -2.24. The number of carbonyl (C=O) groups is 2. The van der Waals surface area contributed by atoms with Crippen molar-refractivity contribution >= 4 is 18.5 Å². The van der Waals surface area contributed by atoms with Crippen molar-refractivity contribution in [3.05, 3.63) is 0 Å². The molecule has 0 spiro atoms. The maximum atomic E-state index is 11.8. The summed E-state index contributed by atoms with van der Waals surface area (Å²) in [5.41, 5.74) is 0. The first-order valence-electron chi connectivity index (χ1n) is 5.97. The van der Waals surface area contributed by atoms with Crippen LogP contribution in [0.2, 0.25) is 0 Å². The summed E-state index contributed by atoms with van der Waals surface area (Å²) in [4.78, 5) is 28.3. The molecule has 3 unspecified atom stereocenters. The highest BCUT2D eigenvalue weighted by Gasteiger charge is 2.36. The number of aliphatic imine (C=N–C) groups is 1. The van der Waals surface area contributed by atoms with Gasteiger partial charge in [0.15, 0.2) is 0 Å². The summed E-state index contributed by atoms with van der Waals surface area (Å²) >= 11 is 0. The van der Waals surface area contributed by atoms with Gasteiger partial charge in [-0.1, -0.05) is 6.92 Å². The minimum atomic E-state index is -0.487. The van der Waals surface area contributed by atoms with E-state index in [9.17, 15) is 14.7 Å². The standard InChI is InChI=1S/C12H20N2O3/c1-4-10(12(17)13-3)14-7-9(5-8(2)15)6-11(14)16/h8-10,15H,3-7H2,1-2H3. The van der Waals surface area contributed by atoms with E-state index in [1.807, 2.05) is 6.92 Å². The van der Waals surface area contributed by atoms with Crippen molar-refractivity contribution in [3.63, 3.8) is 0 Å². The maximum absolute atomic E-state index is 11.8. The van der Waals surface area contributed by atoms with Crippen LogP contribution >= 0.6 is 0 Å².